The maximum Gasteiger partial charge on any atom is 0.259 e. The van der Waals surface area contributed by atoms with Gasteiger partial charge in [-0.25, -0.2) is 8.42 Å². The van der Waals surface area contributed by atoms with E-state index in [1.54, 1.807) is 29.2 Å². The molecular formula is C25H31ClN6O3S. The molecule has 1 aromatic heterocycles. The van der Waals surface area contributed by atoms with Crippen LogP contribution in [-0.4, -0.2) is 98.0 Å². The van der Waals surface area contributed by atoms with Crippen LogP contribution in [-0.2, 0) is 21.4 Å². The van der Waals surface area contributed by atoms with E-state index in [0.29, 0.717) is 29.5 Å². The van der Waals surface area contributed by atoms with Gasteiger partial charge in [0.25, 0.3) is 10.0 Å². The van der Waals surface area contributed by atoms with Crippen molar-refractivity contribution in [3.8, 4) is 0 Å². The molecule has 3 aromatic rings. The zero-order valence-corrected chi connectivity index (χ0v) is 22.2. The summed E-state index contributed by atoms with van der Waals surface area (Å²) in [5.74, 6) is 0.196. The predicted molar refractivity (Wildman–Crippen MR) is 142 cm³/mol. The van der Waals surface area contributed by atoms with E-state index in [0.717, 1.165) is 29.6 Å². The van der Waals surface area contributed by atoms with E-state index in [1.807, 2.05) is 50.3 Å². The SMILES string of the molecule is CN(C)CCN(C)C(=N)c1ccc(CN2CCN(S(=O)(=O)c3cc4ccc(Cl)cc4[nH]3)CC2=O)cc1. The molecule has 1 aliphatic heterocycles. The number of aromatic nitrogens is 1. The van der Waals surface area contributed by atoms with Crippen molar-refractivity contribution in [1.82, 2.24) is 24.0 Å². The van der Waals surface area contributed by atoms with E-state index in [4.69, 9.17) is 17.0 Å². The van der Waals surface area contributed by atoms with Crippen LogP contribution in [0.15, 0.2) is 53.6 Å². The summed E-state index contributed by atoms with van der Waals surface area (Å²) in [5.41, 5.74) is 2.37. The average Bonchev–Trinajstić information content (AvgIpc) is 3.28. The van der Waals surface area contributed by atoms with Gasteiger partial charge in [0.1, 0.15) is 10.9 Å². The Morgan fingerprint density at radius 3 is 2.44 bits per heavy atom. The molecule has 11 heteroatoms. The average molecular weight is 531 g/mol. The Morgan fingerprint density at radius 2 is 1.78 bits per heavy atom. The van der Waals surface area contributed by atoms with Crippen LogP contribution in [0, 0.1) is 5.41 Å². The highest BCUT2D eigenvalue weighted by atomic mass is 35.5. The number of hydrogen-bond acceptors (Lipinski definition) is 5. The van der Waals surface area contributed by atoms with Crippen LogP contribution >= 0.6 is 11.6 Å². The highest BCUT2D eigenvalue weighted by Crippen LogP contribution is 2.25. The quantitative estimate of drug-likeness (QED) is 0.344. The molecule has 36 heavy (non-hydrogen) atoms. The molecule has 1 fully saturated rings. The van der Waals surface area contributed by atoms with Crippen LogP contribution in [0.1, 0.15) is 11.1 Å². The Morgan fingerprint density at radius 1 is 1.06 bits per heavy atom. The van der Waals surface area contributed by atoms with E-state index >= 15 is 0 Å². The monoisotopic (exact) mass is 530 g/mol. The molecular weight excluding hydrogens is 500 g/mol. The van der Waals surface area contributed by atoms with Crippen molar-refractivity contribution in [1.29, 1.82) is 5.41 Å². The summed E-state index contributed by atoms with van der Waals surface area (Å²) in [6, 6.07) is 14.3. The molecule has 2 aromatic carbocycles. The van der Waals surface area contributed by atoms with E-state index in [1.165, 1.54) is 4.31 Å². The fourth-order valence-corrected chi connectivity index (χ4v) is 5.65. The lowest BCUT2D eigenvalue weighted by Gasteiger charge is -2.33. The minimum absolute atomic E-state index is 0.0506. The number of likely N-dealkylation sites (N-methyl/N-ethyl adjacent to an activating group) is 2. The van der Waals surface area contributed by atoms with Crippen LogP contribution in [0.4, 0.5) is 0 Å². The highest BCUT2D eigenvalue weighted by molar-refractivity contribution is 7.89. The molecule has 0 unspecified atom stereocenters. The Kier molecular flexibility index (Phi) is 7.70. The van der Waals surface area contributed by atoms with Gasteiger partial charge < -0.3 is 19.7 Å². The van der Waals surface area contributed by atoms with Gasteiger partial charge in [0.2, 0.25) is 5.91 Å². The van der Waals surface area contributed by atoms with Crippen LogP contribution in [0.2, 0.25) is 5.02 Å². The molecule has 1 saturated heterocycles. The smallest absolute Gasteiger partial charge is 0.259 e. The molecule has 0 radical (unpaired) electrons. The third-order valence-electron chi connectivity index (χ3n) is 6.33. The van der Waals surface area contributed by atoms with E-state index < -0.39 is 10.0 Å². The second kappa shape index (κ2) is 10.6. The molecule has 9 nitrogen and oxygen atoms in total. The summed E-state index contributed by atoms with van der Waals surface area (Å²) in [5, 5.41) is 9.71. The van der Waals surface area contributed by atoms with Crippen LogP contribution in [0.3, 0.4) is 0 Å². The molecule has 0 spiro atoms. The van der Waals surface area contributed by atoms with Crippen molar-refractivity contribution in [3.05, 3.63) is 64.7 Å². The summed E-state index contributed by atoms with van der Waals surface area (Å²) < 4.78 is 27.5. The maximum atomic E-state index is 13.2. The number of nitrogens with one attached hydrogen (secondary N) is 2. The predicted octanol–water partition coefficient (Wildman–Crippen LogP) is 2.67. The number of aromatic amines is 1. The fraction of sp³-hybridized carbons (Fsp3) is 0.360. The first-order chi connectivity index (χ1) is 17.0. The van der Waals surface area contributed by atoms with Gasteiger partial charge in [-0.1, -0.05) is 41.9 Å². The minimum atomic E-state index is -3.84. The van der Waals surface area contributed by atoms with Crippen molar-refractivity contribution in [2.75, 3.05) is 53.9 Å². The minimum Gasteiger partial charge on any atom is -0.358 e. The number of hydrogen-bond donors (Lipinski definition) is 2. The Hall–Kier alpha value is -2.92. The van der Waals surface area contributed by atoms with Crippen molar-refractivity contribution < 1.29 is 13.2 Å². The molecule has 1 aliphatic rings. The summed E-state index contributed by atoms with van der Waals surface area (Å²) in [4.78, 5) is 21.4. The first-order valence-electron chi connectivity index (χ1n) is 11.6. The molecule has 1 amide bonds. The van der Waals surface area contributed by atoms with Gasteiger partial charge in [-0.05, 0) is 37.9 Å². The molecule has 4 rings (SSSR count). The maximum absolute atomic E-state index is 13.2. The molecule has 0 atom stereocenters. The zero-order valence-electron chi connectivity index (χ0n) is 20.7. The highest BCUT2D eigenvalue weighted by Gasteiger charge is 2.33. The summed E-state index contributed by atoms with van der Waals surface area (Å²) in [6.07, 6.45) is 0. The first-order valence-corrected chi connectivity index (χ1v) is 13.5. The number of amides is 1. The van der Waals surface area contributed by atoms with Gasteiger partial charge in [-0.15, -0.1) is 0 Å². The van der Waals surface area contributed by atoms with Crippen LogP contribution in [0.5, 0.6) is 0 Å². The third kappa shape index (κ3) is 5.73. The van der Waals surface area contributed by atoms with Gasteiger partial charge in [-0.2, -0.15) is 4.31 Å². The van der Waals surface area contributed by atoms with Crippen molar-refractivity contribution in [2.24, 2.45) is 0 Å². The lowest BCUT2D eigenvalue weighted by molar-refractivity contribution is -0.134. The Bertz CT molecular complexity index is 1370. The number of halogens is 1. The number of nitrogens with zero attached hydrogens (tertiary/aromatic N) is 4. The van der Waals surface area contributed by atoms with Gasteiger partial charge in [0, 0.05) is 61.3 Å². The number of H-pyrrole nitrogens is 1. The summed E-state index contributed by atoms with van der Waals surface area (Å²) >= 11 is 6.01. The van der Waals surface area contributed by atoms with E-state index in [-0.39, 0.29) is 24.0 Å². The lowest BCUT2D eigenvalue weighted by Crippen LogP contribution is -2.51. The van der Waals surface area contributed by atoms with E-state index in [2.05, 4.69) is 9.88 Å². The molecule has 2 heterocycles. The number of amidine groups is 1. The molecule has 2 N–H and O–H groups in total. The molecule has 0 bridgehead atoms. The summed E-state index contributed by atoms with van der Waals surface area (Å²) in [6.45, 7) is 2.30. The van der Waals surface area contributed by atoms with Gasteiger partial charge >= 0.3 is 0 Å². The summed E-state index contributed by atoms with van der Waals surface area (Å²) in [7, 11) is 2.06. The van der Waals surface area contributed by atoms with Gasteiger partial charge in [0.05, 0.1) is 6.54 Å². The number of carbonyl (C=O) groups excluding carboxylic acids is 1. The number of sulfonamides is 1. The second-order valence-electron chi connectivity index (χ2n) is 9.29. The van der Waals surface area contributed by atoms with Crippen molar-refractivity contribution in [3.63, 3.8) is 0 Å². The number of carbonyl (C=O) groups is 1. The molecule has 0 saturated carbocycles. The standard InChI is InChI=1S/C25H31ClN6O3S/c1-29(2)10-11-30(3)25(27)19-6-4-18(5-7-19)16-31-12-13-32(17-24(31)33)36(34,35)23-14-20-8-9-21(26)15-22(20)28-23/h4-9,14-15,27-28H,10-13,16-17H2,1-3H3. The topological polar surface area (TPSA) is 104 Å². The number of piperazine rings is 1. The lowest BCUT2D eigenvalue weighted by atomic mass is 10.1. The van der Waals surface area contributed by atoms with E-state index in [9.17, 15) is 13.2 Å². The zero-order chi connectivity index (χ0) is 26.0. The third-order valence-corrected chi connectivity index (χ3v) is 8.33. The Balaban J connectivity index is 1.37. The fourth-order valence-electron chi connectivity index (χ4n) is 4.08. The largest absolute Gasteiger partial charge is 0.358 e. The molecule has 192 valence electrons. The normalized spacial score (nSPS) is 15.1. The first kappa shape index (κ1) is 26.2. The number of benzene rings is 2. The number of fused-ring (bicyclic) bond motifs is 1. The Labute approximate surface area is 216 Å². The van der Waals surface area contributed by atoms with Crippen molar-refractivity contribution >= 4 is 44.3 Å². The number of rotatable bonds is 8. The van der Waals surface area contributed by atoms with Crippen molar-refractivity contribution in [2.45, 2.75) is 11.6 Å². The molecule has 0 aliphatic carbocycles. The van der Waals surface area contributed by atoms with Crippen LogP contribution < -0.4 is 0 Å². The second-order valence-corrected chi connectivity index (χ2v) is 11.6. The van der Waals surface area contributed by atoms with Gasteiger partial charge in [0.15, 0.2) is 0 Å². The van der Waals surface area contributed by atoms with Gasteiger partial charge in [-0.3, -0.25) is 10.2 Å². The van der Waals surface area contributed by atoms with Crippen LogP contribution in [0.25, 0.3) is 10.9 Å².